The van der Waals surface area contributed by atoms with E-state index in [1.165, 1.54) is 0 Å². The van der Waals surface area contributed by atoms with Gasteiger partial charge in [0, 0.05) is 9.49 Å². The van der Waals surface area contributed by atoms with Crippen LogP contribution < -0.4 is 5.32 Å². The number of imidazole rings is 1. The molecule has 0 saturated carbocycles. The van der Waals surface area contributed by atoms with Crippen molar-refractivity contribution in [1.29, 1.82) is 0 Å². The highest BCUT2D eigenvalue weighted by Gasteiger charge is 2.46. The number of amides is 3. The summed E-state index contributed by atoms with van der Waals surface area (Å²) in [5.41, 5.74) is 2.61. The molecule has 1 aliphatic heterocycles. The number of urea groups is 1. The van der Waals surface area contributed by atoms with Crippen molar-refractivity contribution in [3.63, 3.8) is 0 Å². The van der Waals surface area contributed by atoms with E-state index in [9.17, 15) is 14.4 Å². The molecule has 0 aliphatic carbocycles. The molecule has 2 heterocycles. The third kappa shape index (κ3) is 4.38. The summed E-state index contributed by atoms with van der Waals surface area (Å²) in [7, 11) is 0. The van der Waals surface area contributed by atoms with Crippen LogP contribution in [0.1, 0.15) is 36.7 Å². The molecule has 2 aromatic carbocycles. The lowest BCUT2D eigenvalue weighted by Crippen LogP contribution is -2.38. The number of aromatic nitrogens is 2. The second-order valence-corrected chi connectivity index (χ2v) is 8.89. The van der Waals surface area contributed by atoms with Crippen LogP contribution in [0.15, 0.2) is 60.8 Å². The first-order valence-corrected chi connectivity index (χ1v) is 11.1. The minimum Gasteiger partial charge on any atom is -0.481 e. The van der Waals surface area contributed by atoms with Gasteiger partial charge in [-0.2, -0.15) is 0 Å². The van der Waals surface area contributed by atoms with E-state index in [4.69, 9.17) is 5.11 Å². The van der Waals surface area contributed by atoms with Gasteiger partial charge in [-0.15, -0.1) is 0 Å². The van der Waals surface area contributed by atoms with Gasteiger partial charge in [0.05, 0.1) is 18.3 Å². The molecular formula is C23H21IN4O4. The molecule has 164 valence electrons. The van der Waals surface area contributed by atoms with Gasteiger partial charge in [0.15, 0.2) is 0 Å². The molecule has 0 spiro atoms. The van der Waals surface area contributed by atoms with Crippen molar-refractivity contribution in [3.8, 4) is 11.3 Å². The molecule has 1 aliphatic rings. The zero-order valence-corrected chi connectivity index (χ0v) is 19.3. The third-order valence-corrected chi connectivity index (χ3v) is 6.26. The number of aromatic amines is 1. The first-order chi connectivity index (χ1) is 15.3. The maximum Gasteiger partial charge on any atom is 0.325 e. The Hall–Kier alpha value is -3.21. The number of benzene rings is 2. The number of nitrogens with one attached hydrogen (secondary N) is 2. The molecule has 9 heteroatoms. The number of halogens is 1. The number of carbonyl (C=O) groups excluding carboxylic acids is 2. The third-order valence-electron chi connectivity index (χ3n) is 5.54. The molecule has 1 aromatic heterocycles. The van der Waals surface area contributed by atoms with Gasteiger partial charge in [-0.1, -0.05) is 49.4 Å². The van der Waals surface area contributed by atoms with Crippen molar-refractivity contribution in [2.75, 3.05) is 0 Å². The van der Waals surface area contributed by atoms with Gasteiger partial charge in [0.25, 0.3) is 5.91 Å². The SMILES string of the molecule is C[C@@H](c1ccccc1)[C@@H](c1ncc(-c2ccc(I)cc2)[nH]1)N1C(=O)NC(CC(=O)O)C1=O. The maximum atomic E-state index is 13.1. The summed E-state index contributed by atoms with van der Waals surface area (Å²) in [6, 6.07) is 15.0. The maximum absolute atomic E-state index is 13.1. The summed E-state index contributed by atoms with van der Waals surface area (Å²) < 4.78 is 1.10. The van der Waals surface area contributed by atoms with Crippen molar-refractivity contribution in [2.45, 2.75) is 31.3 Å². The highest BCUT2D eigenvalue weighted by Crippen LogP contribution is 2.37. The summed E-state index contributed by atoms with van der Waals surface area (Å²) in [5.74, 6) is -1.56. The Morgan fingerprint density at radius 2 is 1.84 bits per heavy atom. The fourth-order valence-corrected chi connectivity index (χ4v) is 4.27. The lowest BCUT2D eigenvalue weighted by atomic mass is 9.91. The minimum atomic E-state index is -1.16. The van der Waals surface area contributed by atoms with E-state index >= 15 is 0 Å². The van der Waals surface area contributed by atoms with E-state index in [1.54, 1.807) is 6.20 Å². The number of hydrogen-bond acceptors (Lipinski definition) is 4. The lowest BCUT2D eigenvalue weighted by Gasteiger charge is -2.29. The highest BCUT2D eigenvalue weighted by atomic mass is 127. The second-order valence-electron chi connectivity index (χ2n) is 7.64. The van der Waals surface area contributed by atoms with Crippen LogP contribution in [0, 0.1) is 3.57 Å². The Balaban J connectivity index is 1.74. The molecule has 0 radical (unpaired) electrons. The highest BCUT2D eigenvalue weighted by molar-refractivity contribution is 14.1. The summed E-state index contributed by atoms with van der Waals surface area (Å²) in [5, 5.41) is 11.6. The van der Waals surface area contributed by atoms with Crippen LogP contribution in [0.4, 0.5) is 4.79 Å². The van der Waals surface area contributed by atoms with E-state index in [2.05, 4.69) is 37.9 Å². The Morgan fingerprint density at radius 3 is 2.50 bits per heavy atom. The first kappa shape index (κ1) is 22.0. The molecule has 32 heavy (non-hydrogen) atoms. The van der Waals surface area contributed by atoms with E-state index in [-0.39, 0.29) is 5.92 Å². The van der Waals surface area contributed by atoms with E-state index < -0.39 is 36.4 Å². The number of hydrogen-bond donors (Lipinski definition) is 3. The standard InChI is InChI=1S/C23H21IN4O4/c1-13(14-5-3-2-4-6-14)20(28-22(31)17(11-19(29)30)27-23(28)32)21-25-12-18(26-21)15-7-9-16(24)10-8-15/h2-10,12-13,17,20H,11H2,1H3,(H,25,26)(H,27,32)(H,29,30)/t13-,17?,20-/m0/s1. The molecule has 3 atom stereocenters. The second kappa shape index (κ2) is 9.11. The van der Waals surface area contributed by atoms with Gasteiger partial charge in [-0.25, -0.2) is 9.78 Å². The smallest absolute Gasteiger partial charge is 0.325 e. The molecule has 1 unspecified atom stereocenters. The Morgan fingerprint density at radius 1 is 1.16 bits per heavy atom. The fraction of sp³-hybridized carbons (Fsp3) is 0.217. The molecule has 3 aromatic rings. The van der Waals surface area contributed by atoms with Gasteiger partial charge in [0.2, 0.25) is 0 Å². The quantitative estimate of drug-likeness (QED) is 0.308. The van der Waals surface area contributed by atoms with Crippen LogP contribution in [0.5, 0.6) is 0 Å². The van der Waals surface area contributed by atoms with Gasteiger partial charge in [0.1, 0.15) is 17.9 Å². The number of H-pyrrole nitrogens is 1. The molecule has 8 nitrogen and oxygen atoms in total. The molecule has 0 bridgehead atoms. The molecule has 4 rings (SSSR count). The topological polar surface area (TPSA) is 115 Å². The van der Waals surface area contributed by atoms with E-state index in [1.807, 2.05) is 61.5 Å². The summed E-state index contributed by atoms with van der Waals surface area (Å²) in [4.78, 5) is 45.9. The molecule has 3 amide bonds. The number of nitrogens with zero attached hydrogens (tertiary/aromatic N) is 2. The van der Waals surface area contributed by atoms with Crippen molar-refractivity contribution >= 4 is 40.5 Å². The Labute approximate surface area is 198 Å². The van der Waals surface area contributed by atoms with E-state index in [0.29, 0.717) is 5.82 Å². The predicted octanol–water partition coefficient (Wildman–Crippen LogP) is 3.92. The normalized spacial score (nSPS) is 17.8. The molecule has 1 fully saturated rings. The fourth-order valence-electron chi connectivity index (χ4n) is 3.91. The monoisotopic (exact) mass is 544 g/mol. The first-order valence-electron chi connectivity index (χ1n) is 10.1. The van der Waals surface area contributed by atoms with Crippen molar-refractivity contribution in [1.82, 2.24) is 20.2 Å². The van der Waals surface area contributed by atoms with Gasteiger partial charge in [-0.3, -0.25) is 14.5 Å². The van der Waals surface area contributed by atoms with Crippen LogP contribution in [-0.4, -0.2) is 43.9 Å². The largest absolute Gasteiger partial charge is 0.481 e. The molecule has 1 saturated heterocycles. The van der Waals surface area contributed by atoms with E-state index in [0.717, 1.165) is 25.3 Å². The lowest BCUT2D eigenvalue weighted by molar-refractivity contribution is -0.140. The van der Waals surface area contributed by atoms with Crippen LogP contribution in [0.25, 0.3) is 11.3 Å². The molecular weight excluding hydrogens is 523 g/mol. The average molecular weight is 544 g/mol. The number of carboxylic acids is 1. The van der Waals surface area contributed by atoms with Crippen molar-refractivity contribution < 1.29 is 19.5 Å². The zero-order chi connectivity index (χ0) is 22.8. The van der Waals surface area contributed by atoms with Gasteiger partial charge >= 0.3 is 12.0 Å². The summed E-state index contributed by atoms with van der Waals surface area (Å²) in [6.07, 6.45) is 1.20. The average Bonchev–Trinajstić information content (AvgIpc) is 3.35. The Bertz CT molecular complexity index is 1150. The number of imide groups is 1. The zero-order valence-electron chi connectivity index (χ0n) is 17.2. The van der Waals surface area contributed by atoms with Crippen LogP contribution in [0.3, 0.4) is 0 Å². The number of carboxylic acid groups (broad SMARTS) is 1. The summed E-state index contributed by atoms with van der Waals surface area (Å²) in [6.45, 7) is 1.91. The van der Waals surface area contributed by atoms with Crippen LogP contribution in [-0.2, 0) is 9.59 Å². The van der Waals surface area contributed by atoms with Crippen molar-refractivity contribution in [2.24, 2.45) is 0 Å². The number of aliphatic carboxylic acids is 1. The van der Waals surface area contributed by atoms with Crippen LogP contribution >= 0.6 is 22.6 Å². The number of carbonyl (C=O) groups is 3. The summed E-state index contributed by atoms with van der Waals surface area (Å²) >= 11 is 2.23. The predicted molar refractivity (Wildman–Crippen MR) is 126 cm³/mol. The molecule has 3 N–H and O–H groups in total. The van der Waals surface area contributed by atoms with Crippen LogP contribution in [0.2, 0.25) is 0 Å². The van der Waals surface area contributed by atoms with Crippen molar-refractivity contribution in [3.05, 3.63) is 75.8 Å². The Kier molecular flexibility index (Phi) is 6.26. The minimum absolute atomic E-state index is 0.287. The van der Waals surface area contributed by atoms with Gasteiger partial charge < -0.3 is 15.4 Å². The van der Waals surface area contributed by atoms with Gasteiger partial charge in [-0.05, 0) is 45.9 Å². The number of rotatable bonds is 7.